The molecule has 1 fully saturated rings. The van der Waals surface area contributed by atoms with Crippen molar-refractivity contribution in [2.24, 2.45) is 5.41 Å². The van der Waals surface area contributed by atoms with Crippen LogP contribution < -0.4 is 0 Å². The van der Waals surface area contributed by atoms with Gasteiger partial charge in [0.25, 0.3) is 0 Å². The van der Waals surface area contributed by atoms with Crippen molar-refractivity contribution in [3.63, 3.8) is 0 Å². The average Bonchev–Trinajstić information content (AvgIpc) is 2.17. The van der Waals surface area contributed by atoms with Crippen molar-refractivity contribution in [2.75, 3.05) is 0 Å². The van der Waals surface area contributed by atoms with Gasteiger partial charge in [-0.25, -0.2) is 0 Å². The van der Waals surface area contributed by atoms with E-state index in [0.717, 1.165) is 0 Å². The predicted molar refractivity (Wildman–Crippen MR) is 58.5 cm³/mol. The summed E-state index contributed by atoms with van der Waals surface area (Å²) in [6.45, 7) is 4.40. The summed E-state index contributed by atoms with van der Waals surface area (Å²) in [4.78, 5) is 0. The summed E-state index contributed by atoms with van der Waals surface area (Å²) in [6.07, 6.45) is 16.9. The van der Waals surface area contributed by atoms with Crippen molar-refractivity contribution in [1.82, 2.24) is 0 Å². The van der Waals surface area contributed by atoms with Crippen molar-refractivity contribution in [2.45, 2.75) is 65.2 Å². The van der Waals surface area contributed by atoms with Crippen LogP contribution in [0.4, 0.5) is 0 Å². The first-order valence-corrected chi connectivity index (χ1v) is 5.88. The third-order valence-corrected chi connectivity index (χ3v) is 3.27. The Bertz CT molecular complexity index is 149. The minimum atomic E-state index is 0.475. The maximum Gasteiger partial charge on any atom is -0.00474 e. The molecule has 1 radical (unpaired) electrons. The molecule has 0 spiro atoms. The van der Waals surface area contributed by atoms with Crippen LogP contribution in [0.1, 0.15) is 65.2 Å². The Morgan fingerprint density at radius 2 is 1.92 bits per heavy atom. The van der Waals surface area contributed by atoms with Gasteiger partial charge in [0.05, 0.1) is 0 Å². The highest BCUT2D eigenvalue weighted by Crippen LogP contribution is 2.41. The number of hydrogen-bond acceptors (Lipinski definition) is 0. The lowest BCUT2D eigenvalue weighted by Crippen LogP contribution is -2.22. The molecule has 0 aromatic heterocycles. The second kappa shape index (κ2) is 5.47. The first-order chi connectivity index (χ1) is 6.33. The summed E-state index contributed by atoms with van der Waals surface area (Å²) < 4.78 is 0. The van der Waals surface area contributed by atoms with E-state index in [0.29, 0.717) is 5.41 Å². The van der Waals surface area contributed by atoms with Crippen LogP contribution in [0.15, 0.2) is 6.08 Å². The summed E-state index contributed by atoms with van der Waals surface area (Å²) in [7, 11) is 0. The van der Waals surface area contributed by atoms with Crippen LogP contribution in [0.5, 0.6) is 0 Å². The Labute approximate surface area is 83.4 Å². The molecule has 0 aliphatic heterocycles. The first kappa shape index (κ1) is 10.8. The summed E-state index contributed by atoms with van der Waals surface area (Å²) >= 11 is 0. The van der Waals surface area contributed by atoms with E-state index in [2.05, 4.69) is 26.0 Å². The number of allylic oxidation sites excluding steroid dienone is 2. The quantitative estimate of drug-likeness (QED) is 0.596. The normalized spacial score (nSPS) is 22.3. The van der Waals surface area contributed by atoms with E-state index in [1.165, 1.54) is 51.4 Å². The molecule has 1 aliphatic rings. The van der Waals surface area contributed by atoms with Crippen LogP contribution in [0.2, 0.25) is 0 Å². The molecular weight excluding hydrogens is 156 g/mol. The molecule has 1 saturated carbocycles. The molecule has 0 N–H and O–H groups in total. The van der Waals surface area contributed by atoms with E-state index in [4.69, 9.17) is 0 Å². The number of rotatable bonds is 4. The van der Waals surface area contributed by atoms with Gasteiger partial charge in [0.15, 0.2) is 0 Å². The van der Waals surface area contributed by atoms with Crippen molar-refractivity contribution in [3.05, 3.63) is 12.2 Å². The fraction of sp³-hybridized carbons (Fsp3) is 0.846. The molecule has 75 valence electrons. The fourth-order valence-corrected chi connectivity index (χ4v) is 2.52. The second-order valence-electron chi connectivity index (χ2n) is 4.38. The maximum atomic E-state index is 3.61. The molecule has 0 aromatic rings. The Kier molecular flexibility index (Phi) is 4.55. The maximum absolute atomic E-state index is 3.61. The monoisotopic (exact) mass is 179 g/mol. The Morgan fingerprint density at radius 3 is 2.46 bits per heavy atom. The van der Waals surface area contributed by atoms with Gasteiger partial charge < -0.3 is 0 Å². The number of hydrogen-bond donors (Lipinski definition) is 0. The molecule has 0 aromatic carbocycles. The van der Waals surface area contributed by atoms with E-state index in [9.17, 15) is 0 Å². The van der Waals surface area contributed by atoms with Gasteiger partial charge in [0, 0.05) is 0 Å². The van der Waals surface area contributed by atoms with Crippen molar-refractivity contribution in [1.29, 1.82) is 0 Å². The molecule has 0 nitrogen and oxygen atoms in total. The fourth-order valence-electron chi connectivity index (χ4n) is 2.52. The molecule has 0 heteroatoms. The van der Waals surface area contributed by atoms with E-state index >= 15 is 0 Å². The van der Waals surface area contributed by atoms with Gasteiger partial charge in [0.1, 0.15) is 0 Å². The molecule has 0 heterocycles. The first-order valence-electron chi connectivity index (χ1n) is 5.88. The summed E-state index contributed by atoms with van der Waals surface area (Å²) in [5.74, 6) is 0. The van der Waals surface area contributed by atoms with Gasteiger partial charge in [-0.2, -0.15) is 0 Å². The summed E-state index contributed by atoms with van der Waals surface area (Å²) in [5, 5.41) is 0. The summed E-state index contributed by atoms with van der Waals surface area (Å²) in [5.41, 5.74) is 0.475. The Morgan fingerprint density at radius 1 is 1.23 bits per heavy atom. The van der Waals surface area contributed by atoms with Crippen LogP contribution >= 0.6 is 0 Å². The molecule has 0 atom stereocenters. The van der Waals surface area contributed by atoms with Crippen LogP contribution in [0.3, 0.4) is 0 Å². The highest BCUT2D eigenvalue weighted by atomic mass is 14.3. The lowest BCUT2D eigenvalue weighted by molar-refractivity contribution is 0.223. The zero-order valence-corrected chi connectivity index (χ0v) is 9.23. The van der Waals surface area contributed by atoms with Crippen molar-refractivity contribution in [3.8, 4) is 0 Å². The van der Waals surface area contributed by atoms with E-state index in [1.807, 2.05) is 0 Å². The predicted octanol–water partition coefficient (Wildman–Crippen LogP) is 4.51. The van der Waals surface area contributed by atoms with Gasteiger partial charge in [0.2, 0.25) is 0 Å². The molecule has 1 rings (SSSR count). The molecule has 0 amide bonds. The second-order valence-corrected chi connectivity index (χ2v) is 4.38. The van der Waals surface area contributed by atoms with E-state index < -0.39 is 0 Å². The van der Waals surface area contributed by atoms with Gasteiger partial charge in [-0.05, 0) is 37.7 Å². The Balaban J connectivity index is 2.50. The van der Waals surface area contributed by atoms with Gasteiger partial charge in [-0.15, -0.1) is 0 Å². The lowest BCUT2D eigenvalue weighted by Gasteiger charge is -2.34. The molecule has 0 bridgehead atoms. The van der Waals surface area contributed by atoms with E-state index in [-0.39, 0.29) is 0 Å². The van der Waals surface area contributed by atoms with Crippen LogP contribution in [0.25, 0.3) is 0 Å². The third kappa shape index (κ3) is 3.17. The lowest BCUT2D eigenvalue weighted by atomic mass is 9.71. The number of unbranched alkanes of at least 4 members (excludes halogenated alkanes) is 1. The zero-order valence-electron chi connectivity index (χ0n) is 9.23. The standard InChI is InChI=1S/C13H23/c1-3-5-10-13(9-4-2)11-7-6-8-12-13/h4H,3,5-8,10-12H2,1-2H3. The van der Waals surface area contributed by atoms with Crippen LogP contribution in [-0.4, -0.2) is 0 Å². The van der Waals surface area contributed by atoms with E-state index in [1.54, 1.807) is 0 Å². The molecule has 13 heavy (non-hydrogen) atoms. The summed E-state index contributed by atoms with van der Waals surface area (Å²) in [6, 6.07) is 0. The Hall–Kier alpha value is -0.260. The molecule has 1 aliphatic carbocycles. The molecular formula is C13H23. The highest BCUT2D eigenvalue weighted by Gasteiger charge is 2.28. The third-order valence-electron chi connectivity index (χ3n) is 3.27. The smallest absolute Gasteiger partial charge is 0.00474 e. The van der Waals surface area contributed by atoms with Gasteiger partial charge >= 0.3 is 0 Å². The minimum Gasteiger partial charge on any atom is -0.0836 e. The topological polar surface area (TPSA) is 0 Å². The van der Waals surface area contributed by atoms with Crippen molar-refractivity contribution < 1.29 is 0 Å². The van der Waals surface area contributed by atoms with Crippen LogP contribution in [-0.2, 0) is 0 Å². The van der Waals surface area contributed by atoms with Gasteiger partial charge in [-0.1, -0.05) is 45.1 Å². The SMILES string of the molecule is CC=[C]C1(CCCC)CCCCC1. The van der Waals surface area contributed by atoms with Gasteiger partial charge in [-0.3, -0.25) is 0 Å². The largest absolute Gasteiger partial charge is 0.0836 e. The molecule has 0 saturated heterocycles. The van der Waals surface area contributed by atoms with Crippen LogP contribution in [0, 0.1) is 11.5 Å². The average molecular weight is 179 g/mol. The zero-order chi connectivity index (χ0) is 9.57. The van der Waals surface area contributed by atoms with Crippen molar-refractivity contribution >= 4 is 0 Å². The minimum absolute atomic E-state index is 0.475. The molecule has 0 unspecified atom stereocenters. The highest BCUT2D eigenvalue weighted by molar-refractivity contribution is 4.93.